The SMILES string of the molecule is CSCCc1nn(-c2ccc(F)cc2F)c2c1CCN2. The molecule has 1 aliphatic heterocycles. The molecule has 0 radical (unpaired) electrons. The third-order valence-corrected chi connectivity index (χ3v) is 4.03. The molecule has 1 aromatic heterocycles. The van der Waals surface area contributed by atoms with Gasteiger partial charge in [-0.25, -0.2) is 13.5 Å². The second-order valence-corrected chi connectivity index (χ2v) is 5.69. The first-order valence-corrected chi connectivity index (χ1v) is 7.89. The maximum atomic E-state index is 13.9. The second kappa shape index (κ2) is 5.44. The molecule has 1 aliphatic rings. The van der Waals surface area contributed by atoms with Crippen molar-refractivity contribution in [2.24, 2.45) is 0 Å². The Labute approximate surface area is 120 Å². The van der Waals surface area contributed by atoms with Gasteiger partial charge in [0.05, 0.1) is 5.69 Å². The molecule has 2 heterocycles. The third-order valence-electron chi connectivity index (χ3n) is 3.42. The Kier molecular flexibility index (Phi) is 3.65. The van der Waals surface area contributed by atoms with Crippen molar-refractivity contribution in [3.63, 3.8) is 0 Å². The summed E-state index contributed by atoms with van der Waals surface area (Å²) < 4.78 is 28.5. The maximum Gasteiger partial charge on any atom is 0.151 e. The smallest absolute Gasteiger partial charge is 0.151 e. The van der Waals surface area contributed by atoms with E-state index in [-0.39, 0.29) is 5.69 Å². The highest BCUT2D eigenvalue weighted by Crippen LogP contribution is 2.30. The van der Waals surface area contributed by atoms with Gasteiger partial charge in [0.25, 0.3) is 0 Å². The van der Waals surface area contributed by atoms with Crippen LogP contribution in [0.15, 0.2) is 18.2 Å². The van der Waals surface area contributed by atoms with E-state index in [1.165, 1.54) is 12.1 Å². The lowest BCUT2D eigenvalue weighted by Crippen LogP contribution is -2.07. The number of halogens is 2. The first kappa shape index (κ1) is 13.4. The number of aromatic nitrogens is 2. The molecular formula is C14H15F2N3S. The minimum absolute atomic E-state index is 0.285. The van der Waals surface area contributed by atoms with Crippen LogP contribution in [-0.4, -0.2) is 28.3 Å². The zero-order chi connectivity index (χ0) is 14.1. The zero-order valence-electron chi connectivity index (χ0n) is 11.1. The Balaban J connectivity index is 2.05. The molecule has 0 saturated heterocycles. The maximum absolute atomic E-state index is 13.9. The predicted molar refractivity (Wildman–Crippen MR) is 77.8 cm³/mol. The fourth-order valence-electron chi connectivity index (χ4n) is 2.47. The van der Waals surface area contributed by atoms with E-state index in [0.717, 1.165) is 48.3 Å². The lowest BCUT2D eigenvalue weighted by atomic mass is 10.2. The van der Waals surface area contributed by atoms with Gasteiger partial charge >= 0.3 is 0 Å². The van der Waals surface area contributed by atoms with Crippen molar-refractivity contribution < 1.29 is 8.78 Å². The van der Waals surface area contributed by atoms with Crippen molar-refractivity contribution in [1.82, 2.24) is 9.78 Å². The minimum Gasteiger partial charge on any atom is -0.369 e. The monoisotopic (exact) mass is 295 g/mol. The van der Waals surface area contributed by atoms with Crippen LogP contribution in [0.3, 0.4) is 0 Å². The van der Waals surface area contributed by atoms with Crippen molar-refractivity contribution in [3.05, 3.63) is 41.1 Å². The number of fused-ring (bicyclic) bond motifs is 1. The van der Waals surface area contributed by atoms with Crippen molar-refractivity contribution in [3.8, 4) is 5.69 Å². The number of hydrogen-bond donors (Lipinski definition) is 1. The molecular weight excluding hydrogens is 280 g/mol. The predicted octanol–water partition coefficient (Wildman–Crippen LogP) is 3.02. The van der Waals surface area contributed by atoms with E-state index in [1.54, 1.807) is 16.4 Å². The van der Waals surface area contributed by atoms with Gasteiger partial charge in [-0.05, 0) is 30.6 Å². The lowest BCUT2D eigenvalue weighted by molar-refractivity contribution is 0.573. The molecule has 0 amide bonds. The molecule has 0 bridgehead atoms. The summed E-state index contributed by atoms with van der Waals surface area (Å²) in [6.07, 6.45) is 3.82. The zero-order valence-corrected chi connectivity index (χ0v) is 11.9. The summed E-state index contributed by atoms with van der Waals surface area (Å²) in [6.45, 7) is 0.836. The number of anilines is 1. The van der Waals surface area contributed by atoms with Gasteiger partial charge in [-0.3, -0.25) is 0 Å². The van der Waals surface area contributed by atoms with Gasteiger partial charge in [0.2, 0.25) is 0 Å². The van der Waals surface area contributed by atoms with E-state index in [1.807, 2.05) is 0 Å². The number of rotatable bonds is 4. The number of hydrogen-bond acceptors (Lipinski definition) is 3. The van der Waals surface area contributed by atoms with Crippen LogP contribution in [0.4, 0.5) is 14.6 Å². The molecule has 0 spiro atoms. The summed E-state index contributed by atoms with van der Waals surface area (Å²) in [5.74, 6) is 0.646. The molecule has 1 N–H and O–H groups in total. The standard InChI is InChI=1S/C14H15F2N3S/c1-20-7-5-12-10-4-6-17-14(10)19(18-12)13-3-2-9(15)8-11(13)16/h2-3,8,17H,4-7H2,1H3. The second-order valence-electron chi connectivity index (χ2n) is 4.70. The van der Waals surface area contributed by atoms with Gasteiger partial charge in [-0.2, -0.15) is 16.9 Å². The average Bonchev–Trinajstić information content (AvgIpc) is 2.99. The van der Waals surface area contributed by atoms with Crippen LogP contribution in [0, 0.1) is 11.6 Å². The number of nitrogens with one attached hydrogen (secondary N) is 1. The highest BCUT2D eigenvalue weighted by atomic mass is 32.2. The molecule has 0 aliphatic carbocycles. The molecule has 2 aromatic rings. The Morgan fingerprint density at radius 1 is 1.40 bits per heavy atom. The summed E-state index contributed by atoms with van der Waals surface area (Å²) in [6, 6.07) is 3.57. The molecule has 1 aromatic carbocycles. The molecule has 3 nitrogen and oxygen atoms in total. The van der Waals surface area contributed by atoms with Crippen LogP contribution in [0.2, 0.25) is 0 Å². The van der Waals surface area contributed by atoms with Gasteiger partial charge in [-0.15, -0.1) is 0 Å². The fraction of sp³-hybridized carbons (Fsp3) is 0.357. The quantitative estimate of drug-likeness (QED) is 0.940. The molecule has 106 valence electrons. The highest BCUT2D eigenvalue weighted by Gasteiger charge is 2.23. The number of nitrogens with zero attached hydrogens (tertiary/aromatic N) is 2. The summed E-state index contributed by atoms with van der Waals surface area (Å²) >= 11 is 1.76. The Bertz CT molecular complexity index is 640. The molecule has 0 saturated carbocycles. The van der Waals surface area contributed by atoms with E-state index in [9.17, 15) is 8.78 Å². The van der Waals surface area contributed by atoms with Crippen molar-refractivity contribution >= 4 is 17.6 Å². The summed E-state index contributed by atoms with van der Waals surface area (Å²) in [4.78, 5) is 0. The van der Waals surface area contributed by atoms with Crippen LogP contribution in [-0.2, 0) is 12.8 Å². The summed E-state index contributed by atoms with van der Waals surface area (Å²) in [5.41, 5.74) is 2.44. The summed E-state index contributed by atoms with van der Waals surface area (Å²) in [5, 5.41) is 7.75. The van der Waals surface area contributed by atoms with Gasteiger partial charge in [0.1, 0.15) is 17.3 Å². The van der Waals surface area contributed by atoms with E-state index < -0.39 is 11.6 Å². The van der Waals surface area contributed by atoms with Gasteiger partial charge in [0, 0.05) is 24.6 Å². The number of aryl methyl sites for hydroxylation is 1. The Morgan fingerprint density at radius 2 is 2.25 bits per heavy atom. The van der Waals surface area contributed by atoms with Crippen molar-refractivity contribution in [2.45, 2.75) is 12.8 Å². The minimum atomic E-state index is -0.597. The van der Waals surface area contributed by atoms with E-state index >= 15 is 0 Å². The van der Waals surface area contributed by atoms with Crippen molar-refractivity contribution in [1.29, 1.82) is 0 Å². The van der Waals surface area contributed by atoms with Gasteiger partial charge < -0.3 is 5.32 Å². The molecule has 0 fully saturated rings. The van der Waals surface area contributed by atoms with Crippen LogP contribution in [0.5, 0.6) is 0 Å². The lowest BCUT2D eigenvalue weighted by Gasteiger charge is -2.07. The average molecular weight is 295 g/mol. The molecule has 20 heavy (non-hydrogen) atoms. The normalized spacial score (nSPS) is 13.3. The largest absolute Gasteiger partial charge is 0.369 e. The first-order valence-electron chi connectivity index (χ1n) is 6.49. The van der Waals surface area contributed by atoms with E-state index in [4.69, 9.17) is 0 Å². The van der Waals surface area contributed by atoms with Crippen LogP contribution >= 0.6 is 11.8 Å². The Hall–Kier alpha value is -1.56. The number of benzene rings is 1. The molecule has 0 atom stereocenters. The highest BCUT2D eigenvalue weighted by molar-refractivity contribution is 7.98. The fourth-order valence-corrected chi connectivity index (χ4v) is 2.87. The van der Waals surface area contributed by atoms with Crippen LogP contribution in [0.25, 0.3) is 5.69 Å². The molecule has 6 heteroatoms. The number of thioether (sulfide) groups is 1. The molecule has 3 rings (SSSR count). The Morgan fingerprint density at radius 3 is 3.00 bits per heavy atom. The third kappa shape index (κ3) is 2.28. The van der Waals surface area contributed by atoms with Gasteiger partial charge in [-0.1, -0.05) is 0 Å². The van der Waals surface area contributed by atoms with Crippen LogP contribution < -0.4 is 5.32 Å². The summed E-state index contributed by atoms with van der Waals surface area (Å²) in [7, 11) is 0. The van der Waals surface area contributed by atoms with E-state index in [0.29, 0.717) is 0 Å². The van der Waals surface area contributed by atoms with E-state index in [2.05, 4.69) is 16.7 Å². The van der Waals surface area contributed by atoms with Crippen LogP contribution in [0.1, 0.15) is 11.3 Å². The van der Waals surface area contributed by atoms with Crippen molar-refractivity contribution in [2.75, 3.05) is 23.9 Å². The van der Waals surface area contributed by atoms with Gasteiger partial charge in [0.15, 0.2) is 5.82 Å². The molecule has 0 unspecified atom stereocenters. The topological polar surface area (TPSA) is 29.9 Å². The first-order chi connectivity index (χ1) is 9.70.